The highest BCUT2D eigenvalue weighted by Gasteiger charge is 2.34. The number of nitrogens with zero attached hydrogens (tertiary/aromatic N) is 1. The van der Waals surface area contributed by atoms with Crippen molar-refractivity contribution in [3.63, 3.8) is 0 Å². The molecule has 0 spiro atoms. The molecule has 0 radical (unpaired) electrons. The fourth-order valence-electron chi connectivity index (χ4n) is 1.85. The number of fused-ring (bicyclic) bond motifs is 1. The molecule has 1 aromatic rings. The molecule has 1 aliphatic rings. The predicted octanol–water partition coefficient (Wildman–Crippen LogP) is 0.0564. The summed E-state index contributed by atoms with van der Waals surface area (Å²) in [6.07, 6.45) is 0.535. The highest BCUT2D eigenvalue weighted by Crippen LogP contribution is 2.40. The second-order valence-electron chi connectivity index (χ2n) is 3.56. The van der Waals surface area contributed by atoms with E-state index in [1.165, 1.54) is 6.26 Å². The van der Waals surface area contributed by atoms with Crippen LogP contribution in [0.3, 0.4) is 0 Å². The van der Waals surface area contributed by atoms with Crippen LogP contribution in [0.1, 0.15) is 11.7 Å². The zero-order valence-corrected chi connectivity index (χ0v) is 8.19. The molecule has 1 aliphatic heterocycles. The lowest BCUT2D eigenvalue weighted by Crippen LogP contribution is -2.45. The molecule has 0 bridgehead atoms. The minimum absolute atomic E-state index is 0.0132. The van der Waals surface area contributed by atoms with E-state index in [4.69, 9.17) is 4.42 Å². The van der Waals surface area contributed by atoms with Crippen LogP contribution in [0.4, 0.5) is 5.88 Å². The number of furan rings is 1. The molecule has 0 saturated carbocycles. The van der Waals surface area contributed by atoms with E-state index < -0.39 is 6.10 Å². The van der Waals surface area contributed by atoms with Gasteiger partial charge in [0, 0.05) is 13.6 Å². The van der Waals surface area contributed by atoms with Gasteiger partial charge in [-0.15, -0.1) is 0 Å². The van der Waals surface area contributed by atoms with Crippen LogP contribution >= 0.6 is 0 Å². The quantitative estimate of drug-likeness (QED) is 0.595. The maximum atomic E-state index is 9.90. The van der Waals surface area contributed by atoms with Crippen LogP contribution in [0.2, 0.25) is 0 Å². The van der Waals surface area contributed by atoms with E-state index in [1.54, 1.807) is 7.05 Å². The SMILES string of the molecule is CNC1CN(C)c2occ(O)c2C1O. The number of hydrogen-bond donors (Lipinski definition) is 3. The van der Waals surface area contributed by atoms with E-state index in [1.807, 2.05) is 11.9 Å². The molecule has 0 amide bonds. The highest BCUT2D eigenvalue weighted by atomic mass is 16.4. The third-order valence-corrected chi connectivity index (χ3v) is 2.65. The van der Waals surface area contributed by atoms with Crippen LogP contribution in [-0.2, 0) is 0 Å². The normalized spacial score (nSPS) is 26.4. The Morgan fingerprint density at radius 3 is 3.00 bits per heavy atom. The van der Waals surface area contributed by atoms with Crippen molar-refractivity contribution < 1.29 is 14.6 Å². The first-order chi connectivity index (χ1) is 6.65. The van der Waals surface area contributed by atoms with Crippen molar-refractivity contribution in [2.24, 2.45) is 0 Å². The number of nitrogens with one attached hydrogen (secondary N) is 1. The first-order valence-corrected chi connectivity index (χ1v) is 4.52. The van der Waals surface area contributed by atoms with Gasteiger partial charge in [-0.3, -0.25) is 0 Å². The summed E-state index contributed by atoms with van der Waals surface area (Å²) in [6.45, 7) is 0.650. The number of aromatic hydroxyl groups is 1. The standard InChI is InChI=1S/C9H14N2O3/c1-10-5-3-11(2)9-7(8(5)13)6(12)4-14-9/h4-5,8,10,12-13H,3H2,1-2H3. The van der Waals surface area contributed by atoms with Gasteiger partial charge >= 0.3 is 0 Å². The zero-order valence-electron chi connectivity index (χ0n) is 8.19. The third kappa shape index (κ3) is 1.17. The van der Waals surface area contributed by atoms with Crippen molar-refractivity contribution >= 4 is 5.88 Å². The number of hydrogen-bond acceptors (Lipinski definition) is 5. The van der Waals surface area contributed by atoms with Gasteiger partial charge in [0.1, 0.15) is 12.4 Å². The second-order valence-corrected chi connectivity index (χ2v) is 3.56. The molecule has 78 valence electrons. The van der Waals surface area contributed by atoms with Crippen molar-refractivity contribution in [2.45, 2.75) is 12.1 Å². The number of aliphatic hydroxyl groups is 1. The van der Waals surface area contributed by atoms with E-state index in [-0.39, 0.29) is 11.8 Å². The van der Waals surface area contributed by atoms with E-state index in [0.29, 0.717) is 18.0 Å². The summed E-state index contributed by atoms with van der Waals surface area (Å²) in [7, 11) is 3.64. The van der Waals surface area contributed by atoms with E-state index in [2.05, 4.69) is 5.32 Å². The molecule has 5 nitrogen and oxygen atoms in total. The van der Waals surface area contributed by atoms with Crippen molar-refractivity contribution in [1.82, 2.24) is 5.32 Å². The molecule has 14 heavy (non-hydrogen) atoms. The summed E-state index contributed by atoms with van der Waals surface area (Å²) in [5.74, 6) is 0.556. The smallest absolute Gasteiger partial charge is 0.204 e. The Morgan fingerprint density at radius 2 is 2.36 bits per heavy atom. The minimum Gasteiger partial charge on any atom is -0.504 e. The van der Waals surface area contributed by atoms with Gasteiger partial charge in [-0.05, 0) is 7.05 Å². The van der Waals surface area contributed by atoms with Crippen LogP contribution in [0.5, 0.6) is 5.75 Å². The summed E-state index contributed by atoms with van der Waals surface area (Å²) >= 11 is 0. The Morgan fingerprint density at radius 1 is 1.64 bits per heavy atom. The lowest BCUT2D eigenvalue weighted by atomic mass is 9.99. The highest BCUT2D eigenvalue weighted by molar-refractivity contribution is 5.55. The van der Waals surface area contributed by atoms with E-state index >= 15 is 0 Å². The first-order valence-electron chi connectivity index (χ1n) is 4.52. The topological polar surface area (TPSA) is 68.9 Å². The molecule has 0 saturated heterocycles. The average molecular weight is 198 g/mol. The van der Waals surface area contributed by atoms with Crippen molar-refractivity contribution in [2.75, 3.05) is 25.5 Å². The molecular weight excluding hydrogens is 184 g/mol. The van der Waals surface area contributed by atoms with Crippen molar-refractivity contribution in [3.8, 4) is 5.75 Å². The van der Waals surface area contributed by atoms with Crippen LogP contribution in [0.15, 0.2) is 10.7 Å². The molecule has 0 aliphatic carbocycles. The van der Waals surface area contributed by atoms with Crippen LogP contribution in [0, 0.1) is 0 Å². The van der Waals surface area contributed by atoms with Crippen molar-refractivity contribution in [1.29, 1.82) is 0 Å². The Labute approximate surface area is 81.9 Å². The predicted molar refractivity (Wildman–Crippen MR) is 51.5 cm³/mol. The minimum atomic E-state index is -0.718. The zero-order chi connectivity index (χ0) is 10.3. The summed E-state index contributed by atoms with van der Waals surface area (Å²) in [4.78, 5) is 1.86. The Balaban J connectivity index is 2.43. The summed E-state index contributed by atoms with van der Waals surface area (Å²) in [5, 5.41) is 22.4. The van der Waals surface area contributed by atoms with Gasteiger partial charge < -0.3 is 24.8 Å². The van der Waals surface area contributed by atoms with Crippen molar-refractivity contribution in [3.05, 3.63) is 11.8 Å². The summed E-state index contributed by atoms with van der Waals surface area (Å²) in [5.41, 5.74) is 0.470. The fraction of sp³-hybridized carbons (Fsp3) is 0.556. The summed E-state index contributed by atoms with van der Waals surface area (Å²) < 4.78 is 5.15. The van der Waals surface area contributed by atoms with Crippen LogP contribution < -0.4 is 10.2 Å². The Hall–Kier alpha value is -1.20. The molecule has 2 unspecified atom stereocenters. The van der Waals surface area contributed by atoms with E-state index in [9.17, 15) is 10.2 Å². The lowest BCUT2D eigenvalue weighted by Gasteiger charge is -2.33. The van der Waals surface area contributed by atoms with Gasteiger partial charge in [0.25, 0.3) is 0 Å². The van der Waals surface area contributed by atoms with Crippen LogP contribution in [-0.4, -0.2) is 36.9 Å². The molecule has 5 heteroatoms. The van der Waals surface area contributed by atoms with Gasteiger partial charge in [0.15, 0.2) is 5.75 Å². The molecule has 2 atom stereocenters. The second kappa shape index (κ2) is 3.18. The third-order valence-electron chi connectivity index (χ3n) is 2.65. The molecular formula is C9H14N2O3. The van der Waals surface area contributed by atoms with E-state index in [0.717, 1.165) is 0 Å². The summed E-state index contributed by atoms with van der Waals surface area (Å²) in [6, 6.07) is -0.0870. The molecule has 2 rings (SSSR count). The van der Waals surface area contributed by atoms with Gasteiger partial charge in [0.05, 0.1) is 11.6 Å². The number of rotatable bonds is 1. The maximum Gasteiger partial charge on any atom is 0.204 e. The molecule has 1 aromatic heterocycles. The lowest BCUT2D eigenvalue weighted by molar-refractivity contribution is 0.125. The average Bonchev–Trinajstić information content (AvgIpc) is 2.54. The number of likely N-dealkylation sites (N-methyl/N-ethyl adjacent to an activating group) is 2. The largest absolute Gasteiger partial charge is 0.504 e. The van der Waals surface area contributed by atoms with Gasteiger partial charge in [-0.1, -0.05) is 0 Å². The maximum absolute atomic E-state index is 9.90. The molecule has 0 fully saturated rings. The monoisotopic (exact) mass is 198 g/mol. The molecule has 3 N–H and O–H groups in total. The van der Waals surface area contributed by atoms with Crippen LogP contribution in [0.25, 0.3) is 0 Å². The number of anilines is 1. The van der Waals surface area contributed by atoms with Gasteiger partial charge in [-0.25, -0.2) is 0 Å². The Kier molecular flexibility index (Phi) is 2.13. The Bertz CT molecular complexity index is 337. The molecule has 2 heterocycles. The van der Waals surface area contributed by atoms with Gasteiger partial charge in [0.2, 0.25) is 5.88 Å². The first kappa shape index (κ1) is 9.36. The number of aliphatic hydroxyl groups excluding tert-OH is 1. The fourth-order valence-corrected chi connectivity index (χ4v) is 1.85. The molecule has 0 aromatic carbocycles. The van der Waals surface area contributed by atoms with Gasteiger partial charge in [-0.2, -0.15) is 0 Å².